The first kappa shape index (κ1) is 13.0. The number of carbonyl (C=O) groups excluding carboxylic acids is 1. The normalized spacial score (nSPS) is 9.76. The molecule has 0 radical (unpaired) electrons. The highest BCUT2D eigenvalue weighted by atomic mass is 16.4. The number of aryl methyl sites for hydroxylation is 1. The number of urea groups is 1. The lowest BCUT2D eigenvalue weighted by Crippen LogP contribution is -2.39. The Bertz CT molecular complexity index is 401. The third-order valence-corrected chi connectivity index (χ3v) is 2.28. The van der Waals surface area contributed by atoms with Crippen molar-refractivity contribution in [3.05, 3.63) is 35.4 Å². The maximum absolute atomic E-state index is 11.5. The van der Waals surface area contributed by atoms with Crippen LogP contribution in [0.15, 0.2) is 24.3 Å². The number of carboxylic acids is 1. The van der Waals surface area contributed by atoms with Gasteiger partial charge in [0.2, 0.25) is 0 Å². The molecule has 17 heavy (non-hydrogen) atoms. The second-order valence-electron chi connectivity index (χ2n) is 3.89. The Balaban J connectivity index is 2.48. The van der Waals surface area contributed by atoms with Crippen molar-refractivity contribution < 1.29 is 14.7 Å². The first-order valence-corrected chi connectivity index (χ1v) is 5.25. The number of hydrogen-bond acceptors (Lipinski definition) is 2. The molecule has 5 heteroatoms. The zero-order valence-corrected chi connectivity index (χ0v) is 9.93. The van der Waals surface area contributed by atoms with Gasteiger partial charge < -0.3 is 15.3 Å². The smallest absolute Gasteiger partial charge is 0.323 e. The van der Waals surface area contributed by atoms with Gasteiger partial charge in [-0.25, -0.2) is 4.79 Å². The Morgan fingerprint density at radius 3 is 2.41 bits per heavy atom. The van der Waals surface area contributed by atoms with Crippen LogP contribution in [-0.4, -0.2) is 35.6 Å². The monoisotopic (exact) mass is 236 g/mol. The molecular formula is C12H16N2O3. The fourth-order valence-electron chi connectivity index (χ4n) is 1.33. The Hall–Kier alpha value is -2.04. The topological polar surface area (TPSA) is 69.6 Å². The number of carboxylic acid groups (broad SMARTS) is 1. The highest BCUT2D eigenvalue weighted by Crippen LogP contribution is 2.05. The van der Waals surface area contributed by atoms with Crippen LogP contribution in [0.1, 0.15) is 11.1 Å². The quantitative estimate of drug-likeness (QED) is 0.825. The third-order valence-electron chi connectivity index (χ3n) is 2.28. The molecule has 0 spiro atoms. The zero-order chi connectivity index (χ0) is 12.8. The van der Waals surface area contributed by atoms with E-state index >= 15 is 0 Å². The molecule has 92 valence electrons. The molecule has 5 nitrogen and oxygen atoms in total. The minimum absolute atomic E-state index is 0.364. The van der Waals surface area contributed by atoms with Crippen molar-refractivity contribution in [3.8, 4) is 0 Å². The molecular weight excluding hydrogens is 220 g/mol. The second kappa shape index (κ2) is 5.89. The van der Waals surface area contributed by atoms with Crippen LogP contribution in [0.3, 0.4) is 0 Å². The van der Waals surface area contributed by atoms with Gasteiger partial charge in [0.15, 0.2) is 0 Å². The van der Waals surface area contributed by atoms with E-state index in [1.165, 1.54) is 4.90 Å². The zero-order valence-electron chi connectivity index (χ0n) is 9.93. The first-order chi connectivity index (χ1) is 7.99. The SMILES string of the molecule is Cc1ccc(CN(C)C(=O)NCC(=O)O)cc1. The molecule has 0 heterocycles. The number of rotatable bonds is 4. The molecule has 1 aromatic carbocycles. The Kier molecular flexibility index (Phi) is 4.51. The van der Waals surface area contributed by atoms with Gasteiger partial charge >= 0.3 is 12.0 Å². The molecule has 1 aromatic rings. The van der Waals surface area contributed by atoms with Crippen molar-refractivity contribution in [2.75, 3.05) is 13.6 Å². The molecule has 1 rings (SSSR count). The standard InChI is InChI=1S/C12H16N2O3/c1-9-3-5-10(6-4-9)8-14(2)12(17)13-7-11(15)16/h3-6H,7-8H2,1-2H3,(H,13,17)(H,15,16). The summed E-state index contributed by atoms with van der Waals surface area (Å²) in [7, 11) is 1.62. The number of carbonyl (C=O) groups is 2. The molecule has 0 aromatic heterocycles. The number of aliphatic carboxylic acids is 1. The van der Waals surface area contributed by atoms with Gasteiger partial charge in [-0.15, -0.1) is 0 Å². The van der Waals surface area contributed by atoms with E-state index < -0.39 is 12.0 Å². The van der Waals surface area contributed by atoms with Crippen LogP contribution in [0.4, 0.5) is 4.79 Å². The Labute approximate surface area is 100 Å². The van der Waals surface area contributed by atoms with E-state index in [9.17, 15) is 9.59 Å². The fraction of sp³-hybridized carbons (Fsp3) is 0.333. The van der Waals surface area contributed by atoms with Crippen LogP contribution in [0, 0.1) is 6.92 Å². The van der Waals surface area contributed by atoms with Crippen molar-refractivity contribution in [2.24, 2.45) is 0 Å². The molecule has 0 atom stereocenters. The molecule has 0 aliphatic carbocycles. The summed E-state index contributed by atoms with van der Waals surface area (Å²) in [5.41, 5.74) is 2.16. The highest BCUT2D eigenvalue weighted by molar-refractivity contribution is 5.79. The van der Waals surface area contributed by atoms with Crippen molar-refractivity contribution in [3.63, 3.8) is 0 Å². The second-order valence-corrected chi connectivity index (χ2v) is 3.89. The molecule has 0 saturated heterocycles. The maximum Gasteiger partial charge on any atom is 0.323 e. The van der Waals surface area contributed by atoms with Crippen LogP contribution in [0.5, 0.6) is 0 Å². The fourth-order valence-corrected chi connectivity index (χ4v) is 1.33. The summed E-state index contributed by atoms with van der Waals surface area (Å²) in [5, 5.41) is 10.7. The predicted molar refractivity (Wildman–Crippen MR) is 63.7 cm³/mol. The summed E-state index contributed by atoms with van der Waals surface area (Å²) in [5.74, 6) is -1.05. The number of nitrogens with one attached hydrogen (secondary N) is 1. The largest absolute Gasteiger partial charge is 0.480 e. The highest BCUT2D eigenvalue weighted by Gasteiger charge is 2.09. The summed E-state index contributed by atoms with van der Waals surface area (Å²) in [6.07, 6.45) is 0. The Morgan fingerprint density at radius 1 is 1.29 bits per heavy atom. The van der Waals surface area contributed by atoms with Crippen molar-refractivity contribution >= 4 is 12.0 Å². The van der Waals surface area contributed by atoms with E-state index in [0.717, 1.165) is 11.1 Å². The van der Waals surface area contributed by atoms with Gasteiger partial charge in [-0.05, 0) is 12.5 Å². The third kappa shape index (κ3) is 4.55. The van der Waals surface area contributed by atoms with E-state index in [-0.39, 0.29) is 6.54 Å². The van der Waals surface area contributed by atoms with Crippen LogP contribution in [-0.2, 0) is 11.3 Å². The van der Waals surface area contributed by atoms with E-state index in [1.807, 2.05) is 31.2 Å². The number of benzene rings is 1. The van der Waals surface area contributed by atoms with Gasteiger partial charge in [0.25, 0.3) is 0 Å². The molecule has 2 N–H and O–H groups in total. The summed E-state index contributed by atoms with van der Waals surface area (Å²) in [6.45, 7) is 2.08. The van der Waals surface area contributed by atoms with Crippen LogP contribution in [0.25, 0.3) is 0 Å². The van der Waals surface area contributed by atoms with Crippen LogP contribution >= 0.6 is 0 Å². The van der Waals surface area contributed by atoms with E-state index in [4.69, 9.17) is 5.11 Å². The minimum Gasteiger partial charge on any atom is -0.480 e. The molecule has 2 amide bonds. The van der Waals surface area contributed by atoms with Crippen molar-refractivity contribution in [2.45, 2.75) is 13.5 Å². The van der Waals surface area contributed by atoms with E-state index in [1.54, 1.807) is 7.05 Å². The number of nitrogens with zero attached hydrogens (tertiary/aromatic N) is 1. The van der Waals surface area contributed by atoms with Gasteiger partial charge in [-0.1, -0.05) is 29.8 Å². The summed E-state index contributed by atoms with van der Waals surface area (Å²) in [4.78, 5) is 23.2. The molecule has 0 unspecified atom stereocenters. The molecule has 0 aliphatic rings. The average Bonchev–Trinajstić information content (AvgIpc) is 2.28. The predicted octanol–water partition coefficient (Wildman–Crippen LogP) is 1.22. The minimum atomic E-state index is -1.05. The summed E-state index contributed by atoms with van der Waals surface area (Å²) >= 11 is 0. The summed E-state index contributed by atoms with van der Waals surface area (Å²) in [6, 6.07) is 7.43. The van der Waals surface area contributed by atoms with Crippen LogP contribution in [0.2, 0.25) is 0 Å². The van der Waals surface area contributed by atoms with Crippen molar-refractivity contribution in [1.82, 2.24) is 10.2 Å². The Morgan fingerprint density at radius 2 is 1.88 bits per heavy atom. The van der Waals surface area contributed by atoms with Gasteiger partial charge in [0.05, 0.1) is 0 Å². The van der Waals surface area contributed by atoms with Gasteiger partial charge in [0, 0.05) is 13.6 Å². The lowest BCUT2D eigenvalue weighted by molar-refractivity contribution is -0.135. The molecule has 0 aliphatic heterocycles. The lowest BCUT2D eigenvalue weighted by atomic mass is 10.1. The number of hydrogen-bond donors (Lipinski definition) is 2. The van der Waals surface area contributed by atoms with Crippen LogP contribution < -0.4 is 5.32 Å². The first-order valence-electron chi connectivity index (χ1n) is 5.25. The summed E-state index contributed by atoms with van der Waals surface area (Å²) < 4.78 is 0. The molecule has 0 saturated carbocycles. The van der Waals surface area contributed by atoms with Gasteiger partial charge in [-0.3, -0.25) is 4.79 Å². The van der Waals surface area contributed by atoms with E-state index in [0.29, 0.717) is 6.54 Å². The average molecular weight is 236 g/mol. The maximum atomic E-state index is 11.5. The van der Waals surface area contributed by atoms with Gasteiger partial charge in [-0.2, -0.15) is 0 Å². The molecule has 0 fully saturated rings. The van der Waals surface area contributed by atoms with Crippen molar-refractivity contribution in [1.29, 1.82) is 0 Å². The van der Waals surface area contributed by atoms with E-state index in [2.05, 4.69) is 5.32 Å². The van der Waals surface area contributed by atoms with Gasteiger partial charge in [0.1, 0.15) is 6.54 Å². The molecule has 0 bridgehead atoms. The number of amides is 2. The lowest BCUT2D eigenvalue weighted by Gasteiger charge is -2.17.